The van der Waals surface area contributed by atoms with Gasteiger partial charge in [0.1, 0.15) is 16.1 Å². The molecule has 1 aliphatic rings. The van der Waals surface area contributed by atoms with Crippen LogP contribution in [0, 0.1) is 0 Å². The molecule has 1 aromatic rings. The Morgan fingerprint density at radius 3 is 2.92 bits per heavy atom. The molecule has 1 unspecified atom stereocenters. The van der Waals surface area contributed by atoms with Crippen LogP contribution in [0.5, 0.6) is 0 Å². The molecule has 1 aromatic heterocycles. The molecular weight excluding hydrogens is 188 g/mol. The monoisotopic (exact) mass is 196 g/mol. The lowest BCUT2D eigenvalue weighted by Gasteiger charge is -1.94. The van der Waals surface area contributed by atoms with Gasteiger partial charge in [0.2, 0.25) is 0 Å². The Morgan fingerprint density at radius 2 is 2.46 bits per heavy atom. The zero-order valence-corrected chi connectivity index (χ0v) is 7.78. The second-order valence-electron chi connectivity index (χ2n) is 2.72. The second kappa shape index (κ2) is 2.97. The Bertz CT molecular complexity index is 384. The van der Waals surface area contributed by atoms with Gasteiger partial charge in [-0.05, 0) is 0 Å². The number of carbonyl (C=O) groups excluding carboxylic acids is 1. The third kappa shape index (κ3) is 1.50. The zero-order chi connectivity index (χ0) is 9.42. The van der Waals surface area contributed by atoms with Gasteiger partial charge >= 0.3 is 0 Å². The summed E-state index contributed by atoms with van der Waals surface area (Å²) in [5, 5.41) is 0.0510. The summed E-state index contributed by atoms with van der Waals surface area (Å²) in [6.45, 7) is 0. The van der Waals surface area contributed by atoms with E-state index in [0.29, 0.717) is 10.7 Å². The van der Waals surface area contributed by atoms with Crippen LogP contribution < -0.4 is 5.73 Å². The molecule has 0 aromatic carbocycles. The van der Waals surface area contributed by atoms with E-state index in [9.17, 15) is 4.79 Å². The van der Waals surface area contributed by atoms with E-state index >= 15 is 0 Å². The third-order valence-corrected chi connectivity index (χ3v) is 2.60. The molecule has 0 saturated carbocycles. The van der Waals surface area contributed by atoms with Gasteiger partial charge in [0, 0.05) is 13.2 Å². The van der Waals surface area contributed by atoms with Gasteiger partial charge in [-0.25, -0.2) is 9.98 Å². The molecule has 68 valence electrons. The Morgan fingerprint density at radius 1 is 1.69 bits per heavy atom. The summed E-state index contributed by atoms with van der Waals surface area (Å²) in [7, 11) is 1.86. The van der Waals surface area contributed by atoms with Gasteiger partial charge in [-0.2, -0.15) is 0 Å². The molecule has 2 heterocycles. The number of aliphatic imine (C=N–C) groups is 1. The van der Waals surface area contributed by atoms with Crippen molar-refractivity contribution in [3.8, 4) is 0 Å². The molecular formula is C7H8N4OS. The maximum absolute atomic E-state index is 11.0. The van der Waals surface area contributed by atoms with Crippen LogP contribution >= 0.6 is 11.8 Å². The van der Waals surface area contributed by atoms with Crippen molar-refractivity contribution in [3.63, 3.8) is 0 Å². The number of hydrogen-bond acceptors (Lipinski definition) is 4. The largest absolute Gasteiger partial charge is 0.340 e. The van der Waals surface area contributed by atoms with E-state index in [0.717, 1.165) is 0 Å². The van der Waals surface area contributed by atoms with E-state index in [1.165, 1.54) is 11.8 Å². The average Bonchev–Trinajstić information content (AvgIpc) is 2.61. The van der Waals surface area contributed by atoms with Crippen LogP contribution in [0.2, 0.25) is 0 Å². The molecule has 5 nitrogen and oxygen atoms in total. The maximum Gasteiger partial charge on any atom is 0.274 e. The van der Waals surface area contributed by atoms with Crippen molar-refractivity contribution in [3.05, 3.63) is 18.2 Å². The number of carbonyl (C=O) groups is 1. The van der Waals surface area contributed by atoms with Gasteiger partial charge in [0.25, 0.3) is 5.91 Å². The minimum atomic E-state index is -0.558. The predicted octanol–water partition coefficient (Wildman–Crippen LogP) is -0.275. The van der Waals surface area contributed by atoms with Crippen LogP contribution in [0.25, 0.3) is 0 Å². The standard InChI is InChI=1S/C7H8N4OS/c1-11-2-4(9-3-11)7-10-6(12)5(8)13-7/h2-3,5H,8H2,1H3. The highest BCUT2D eigenvalue weighted by Gasteiger charge is 2.26. The first-order valence-electron chi connectivity index (χ1n) is 3.70. The molecule has 0 aliphatic carbocycles. The molecule has 0 saturated heterocycles. The van der Waals surface area contributed by atoms with Gasteiger partial charge in [-0.1, -0.05) is 11.8 Å². The Hall–Kier alpha value is -1.14. The molecule has 13 heavy (non-hydrogen) atoms. The van der Waals surface area contributed by atoms with Crippen molar-refractivity contribution in [1.82, 2.24) is 9.55 Å². The van der Waals surface area contributed by atoms with Gasteiger partial charge in [0.15, 0.2) is 0 Å². The van der Waals surface area contributed by atoms with Crippen LogP contribution in [-0.2, 0) is 11.8 Å². The molecule has 0 radical (unpaired) electrons. The number of nitrogens with two attached hydrogens (primary N) is 1. The maximum atomic E-state index is 11.0. The fourth-order valence-corrected chi connectivity index (χ4v) is 1.76. The molecule has 1 amide bonds. The lowest BCUT2D eigenvalue weighted by molar-refractivity contribution is -0.117. The summed E-state index contributed by atoms with van der Waals surface area (Å²) >= 11 is 1.24. The van der Waals surface area contributed by atoms with E-state index in [1.54, 1.807) is 17.1 Å². The summed E-state index contributed by atoms with van der Waals surface area (Å²) in [4.78, 5) is 18.9. The van der Waals surface area contributed by atoms with Crippen molar-refractivity contribution in [2.24, 2.45) is 17.8 Å². The minimum Gasteiger partial charge on any atom is -0.340 e. The van der Waals surface area contributed by atoms with E-state index in [2.05, 4.69) is 9.98 Å². The van der Waals surface area contributed by atoms with Crippen molar-refractivity contribution >= 4 is 22.7 Å². The number of aromatic nitrogens is 2. The van der Waals surface area contributed by atoms with Crippen LogP contribution in [0.3, 0.4) is 0 Å². The highest BCUT2D eigenvalue weighted by molar-refractivity contribution is 8.16. The molecule has 6 heteroatoms. The van der Waals surface area contributed by atoms with E-state index in [1.807, 2.05) is 7.05 Å². The first kappa shape index (κ1) is 8.46. The quantitative estimate of drug-likeness (QED) is 0.670. The number of hydrogen-bond donors (Lipinski definition) is 1. The summed E-state index contributed by atoms with van der Waals surface area (Å²) in [6, 6.07) is 0. The number of aryl methyl sites for hydroxylation is 1. The number of rotatable bonds is 1. The van der Waals surface area contributed by atoms with Gasteiger partial charge in [-0.15, -0.1) is 0 Å². The smallest absolute Gasteiger partial charge is 0.274 e. The molecule has 2 rings (SSSR count). The van der Waals surface area contributed by atoms with Gasteiger partial charge in [-0.3, -0.25) is 4.79 Å². The van der Waals surface area contributed by atoms with Crippen LogP contribution in [0.4, 0.5) is 0 Å². The predicted molar refractivity (Wildman–Crippen MR) is 50.3 cm³/mol. The second-order valence-corrected chi connectivity index (χ2v) is 3.85. The third-order valence-electron chi connectivity index (χ3n) is 1.62. The highest BCUT2D eigenvalue weighted by atomic mass is 32.2. The molecule has 2 N–H and O–H groups in total. The van der Waals surface area contributed by atoms with Gasteiger partial charge in [0.05, 0.1) is 6.33 Å². The first-order chi connectivity index (χ1) is 6.16. The number of thioether (sulfide) groups is 1. The van der Waals surface area contributed by atoms with Crippen molar-refractivity contribution in [1.29, 1.82) is 0 Å². The van der Waals surface area contributed by atoms with Crippen LogP contribution in [0.1, 0.15) is 5.69 Å². The van der Waals surface area contributed by atoms with Gasteiger partial charge < -0.3 is 10.3 Å². The number of amides is 1. The summed E-state index contributed by atoms with van der Waals surface area (Å²) < 4.78 is 1.80. The zero-order valence-electron chi connectivity index (χ0n) is 6.97. The highest BCUT2D eigenvalue weighted by Crippen LogP contribution is 2.22. The molecule has 1 aliphatic heterocycles. The van der Waals surface area contributed by atoms with E-state index in [-0.39, 0.29) is 5.91 Å². The van der Waals surface area contributed by atoms with Crippen molar-refractivity contribution in [2.75, 3.05) is 0 Å². The summed E-state index contributed by atoms with van der Waals surface area (Å²) in [6.07, 6.45) is 3.46. The van der Waals surface area contributed by atoms with Crippen LogP contribution in [0.15, 0.2) is 17.5 Å². The number of imidazole rings is 1. The van der Waals surface area contributed by atoms with Crippen molar-refractivity contribution < 1.29 is 4.79 Å². The lowest BCUT2D eigenvalue weighted by Crippen LogP contribution is -2.21. The molecule has 0 fully saturated rings. The average molecular weight is 196 g/mol. The minimum absolute atomic E-state index is 0.286. The van der Waals surface area contributed by atoms with E-state index < -0.39 is 5.37 Å². The SMILES string of the molecule is Cn1cnc(C2=NC(=O)C(N)S2)c1. The number of nitrogens with zero attached hydrogens (tertiary/aromatic N) is 3. The lowest BCUT2D eigenvalue weighted by atomic mass is 10.5. The Balaban J connectivity index is 2.29. The van der Waals surface area contributed by atoms with E-state index in [4.69, 9.17) is 5.73 Å². The van der Waals surface area contributed by atoms with Crippen molar-refractivity contribution in [2.45, 2.75) is 5.37 Å². The first-order valence-corrected chi connectivity index (χ1v) is 4.58. The fraction of sp³-hybridized carbons (Fsp3) is 0.286. The Kier molecular flexibility index (Phi) is 1.93. The molecule has 0 spiro atoms. The molecule has 1 atom stereocenters. The van der Waals surface area contributed by atoms with Crippen LogP contribution in [-0.4, -0.2) is 25.9 Å². The Labute approximate surface area is 79.0 Å². The summed E-state index contributed by atoms with van der Waals surface area (Å²) in [5.41, 5.74) is 6.18. The normalized spacial score (nSPS) is 22.2. The fourth-order valence-electron chi connectivity index (χ4n) is 1.00. The summed E-state index contributed by atoms with van der Waals surface area (Å²) in [5.74, 6) is -0.286. The molecule has 0 bridgehead atoms. The topological polar surface area (TPSA) is 73.3 Å².